The summed E-state index contributed by atoms with van der Waals surface area (Å²) in [5.41, 5.74) is 0.897. The summed E-state index contributed by atoms with van der Waals surface area (Å²) < 4.78 is 19.5. The maximum atomic E-state index is 14.0. The quantitative estimate of drug-likeness (QED) is 0.595. The van der Waals surface area contributed by atoms with E-state index in [1.165, 1.54) is 18.2 Å². The number of amides is 2. The Labute approximate surface area is 166 Å². The van der Waals surface area contributed by atoms with Crippen LogP contribution in [-0.4, -0.2) is 22.7 Å². The van der Waals surface area contributed by atoms with Gasteiger partial charge in [-0.15, -0.1) is 0 Å². The minimum Gasteiger partial charge on any atom is -0.494 e. The Morgan fingerprint density at radius 3 is 2.59 bits per heavy atom. The normalized spacial score (nSPS) is 15.7. The number of carbonyl (C=O) groups excluding carboxylic acids is 2. The summed E-state index contributed by atoms with van der Waals surface area (Å²) in [6, 6.07) is 11.5. The van der Waals surface area contributed by atoms with Crippen LogP contribution in [0.25, 0.3) is 6.08 Å². The highest BCUT2D eigenvalue weighted by Gasteiger charge is 2.35. The molecule has 0 aromatic heterocycles. The van der Waals surface area contributed by atoms with Crippen LogP contribution >= 0.6 is 23.4 Å². The lowest BCUT2D eigenvalue weighted by Crippen LogP contribution is -2.28. The number of halogens is 2. The van der Waals surface area contributed by atoms with E-state index in [-0.39, 0.29) is 22.0 Å². The number of carbonyl (C=O) groups is 2. The molecule has 2 amide bonds. The van der Waals surface area contributed by atoms with Gasteiger partial charge in [0.05, 0.1) is 18.1 Å². The van der Waals surface area contributed by atoms with Crippen molar-refractivity contribution < 1.29 is 18.7 Å². The third kappa shape index (κ3) is 4.51. The molecule has 2 aromatic carbocycles. The first-order chi connectivity index (χ1) is 13.0. The van der Waals surface area contributed by atoms with Crippen LogP contribution in [0.1, 0.15) is 24.5 Å². The van der Waals surface area contributed by atoms with Gasteiger partial charge in [0.15, 0.2) is 0 Å². The van der Waals surface area contributed by atoms with Crippen molar-refractivity contribution in [2.45, 2.75) is 19.9 Å². The zero-order valence-corrected chi connectivity index (χ0v) is 16.1. The van der Waals surface area contributed by atoms with Crippen molar-refractivity contribution in [2.24, 2.45) is 0 Å². The summed E-state index contributed by atoms with van der Waals surface area (Å²) >= 11 is 6.83. The predicted molar refractivity (Wildman–Crippen MR) is 105 cm³/mol. The first-order valence-electron chi connectivity index (χ1n) is 8.40. The number of ether oxygens (including phenoxy) is 1. The highest BCUT2D eigenvalue weighted by Crippen LogP contribution is 2.34. The standard InChI is InChI=1S/C20H17ClFNO3S/c1-2-10-26-14-8-6-13(7-9-14)11-18-19(24)23(20(25)27-18)12-15-16(21)4-3-5-17(15)22/h3-9,11H,2,10,12H2,1H3/b18-11-. The minimum absolute atomic E-state index is 0.125. The van der Waals surface area contributed by atoms with E-state index in [1.807, 2.05) is 31.2 Å². The van der Waals surface area contributed by atoms with E-state index >= 15 is 0 Å². The Morgan fingerprint density at radius 2 is 1.93 bits per heavy atom. The highest BCUT2D eigenvalue weighted by atomic mass is 35.5. The van der Waals surface area contributed by atoms with E-state index in [0.29, 0.717) is 6.61 Å². The Balaban J connectivity index is 1.76. The molecule has 0 atom stereocenters. The van der Waals surface area contributed by atoms with Crippen LogP contribution in [0.5, 0.6) is 5.75 Å². The number of hydrogen-bond donors (Lipinski definition) is 0. The molecule has 140 valence electrons. The topological polar surface area (TPSA) is 46.6 Å². The summed E-state index contributed by atoms with van der Waals surface area (Å²) in [5.74, 6) is -0.264. The van der Waals surface area contributed by atoms with E-state index in [1.54, 1.807) is 6.08 Å². The molecule has 0 saturated carbocycles. The molecule has 4 nitrogen and oxygen atoms in total. The lowest BCUT2D eigenvalue weighted by Gasteiger charge is -2.14. The SMILES string of the molecule is CCCOc1ccc(/C=C2\SC(=O)N(Cc3c(F)cccc3Cl)C2=O)cc1. The number of benzene rings is 2. The monoisotopic (exact) mass is 405 g/mol. The fourth-order valence-electron chi connectivity index (χ4n) is 2.51. The average molecular weight is 406 g/mol. The molecular weight excluding hydrogens is 389 g/mol. The van der Waals surface area contributed by atoms with Crippen LogP contribution in [0, 0.1) is 5.82 Å². The molecule has 1 aliphatic rings. The van der Waals surface area contributed by atoms with Gasteiger partial charge in [-0.2, -0.15) is 0 Å². The smallest absolute Gasteiger partial charge is 0.293 e. The molecule has 27 heavy (non-hydrogen) atoms. The van der Waals surface area contributed by atoms with Crippen molar-refractivity contribution in [1.82, 2.24) is 4.90 Å². The summed E-state index contributed by atoms with van der Waals surface area (Å²) in [5, 5.41) is -0.269. The highest BCUT2D eigenvalue weighted by molar-refractivity contribution is 8.18. The zero-order valence-electron chi connectivity index (χ0n) is 14.6. The summed E-state index contributed by atoms with van der Waals surface area (Å²) in [6.07, 6.45) is 2.55. The van der Waals surface area contributed by atoms with Gasteiger partial charge in [0, 0.05) is 10.6 Å². The van der Waals surface area contributed by atoms with Gasteiger partial charge < -0.3 is 4.74 Å². The summed E-state index contributed by atoms with van der Waals surface area (Å²) in [4.78, 5) is 26.1. The van der Waals surface area contributed by atoms with Gasteiger partial charge >= 0.3 is 0 Å². The number of rotatable bonds is 6. The van der Waals surface area contributed by atoms with E-state index in [2.05, 4.69) is 0 Å². The molecule has 2 aromatic rings. The molecule has 1 aliphatic heterocycles. The number of hydrogen-bond acceptors (Lipinski definition) is 4. The van der Waals surface area contributed by atoms with Crippen LogP contribution in [0.15, 0.2) is 47.4 Å². The van der Waals surface area contributed by atoms with E-state index in [0.717, 1.165) is 34.4 Å². The fourth-order valence-corrected chi connectivity index (χ4v) is 3.57. The van der Waals surface area contributed by atoms with Crippen LogP contribution in [0.2, 0.25) is 5.02 Å². The zero-order chi connectivity index (χ0) is 19.4. The van der Waals surface area contributed by atoms with Gasteiger partial charge in [-0.05, 0) is 54.1 Å². The molecule has 0 bridgehead atoms. The summed E-state index contributed by atoms with van der Waals surface area (Å²) in [6.45, 7) is 2.47. The van der Waals surface area contributed by atoms with Crippen molar-refractivity contribution >= 4 is 40.6 Å². The Bertz CT molecular complexity index is 878. The third-order valence-electron chi connectivity index (χ3n) is 3.90. The van der Waals surface area contributed by atoms with Crippen molar-refractivity contribution in [3.05, 3.63) is 69.3 Å². The van der Waals surface area contributed by atoms with Gasteiger partial charge in [0.25, 0.3) is 11.1 Å². The van der Waals surface area contributed by atoms with Crippen molar-refractivity contribution in [3.8, 4) is 5.75 Å². The van der Waals surface area contributed by atoms with E-state index < -0.39 is 17.0 Å². The lowest BCUT2D eigenvalue weighted by atomic mass is 10.2. The molecule has 1 fully saturated rings. The van der Waals surface area contributed by atoms with E-state index in [4.69, 9.17) is 16.3 Å². The van der Waals surface area contributed by atoms with Gasteiger partial charge in [-0.25, -0.2) is 4.39 Å². The van der Waals surface area contributed by atoms with Crippen molar-refractivity contribution in [1.29, 1.82) is 0 Å². The average Bonchev–Trinajstić information content (AvgIpc) is 2.91. The molecule has 1 heterocycles. The first kappa shape index (κ1) is 19.5. The number of thioether (sulfide) groups is 1. The molecule has 0 N–H and O–H groups in total. The lowest BCUT2D eigenvalue weighted by molar-refractivity contribution is -0.123. The molecule has 0 unspecified atom stereocenters. The maximum Gasteiger partial charge on any atom is 0.293 e. The molecule has 1 saturated heterocycles. The predicted octanol–water partition coefficient (Wildman–Crippen LogP) is 5.50. The van der Waals surface area contributed by atoms with E-state index in [9.17, 15) is 14.0 Å². The number of nitrogens with zero attached hydrogens (tertiary/aromatic N) is 1. The third-order valence-corrected chi connectivity index (χ3v) is 5.16. The largest absolute Gasteiger partial charge is 0.494 e. The van der Waals surface area contributed by atoms with Gasteiger partial charge in [0.2, 0.25) is 0 Å². The maximum absolute atomic E-state index is 14.0. The Kier molecular flexibility index (Phi) is 6.19. The van der Waals surface area contributed by atoms with Crippen molar-refractivity contribution in [2.75, 3.05) is 6.61 Å². The second kappa shape index (κ2) is 8.59. The Morgan fingerprint density at radius 1 is 1.19 bits per heavy atom. The van der Waals surface area contributed by atoms with Gasteiger partial charge in [-0.3, -0.25) is 14.5 Å². The van der Waals surface area contributed by atoms with Gasteiger partial charge in [0.1, 0.15) is 11.6 Å². The van der Waals surface area contributed by atoms with Gasteiger partial charge in [-0.1, -0.05) is 36.7 Å². The molecule has 0 aliphatic carbocycles. The molecule has 7 heteroatoms. The van der Waals surface area contributed by atoms with Crippen LogP contribution in [0.4, 0.5) is 9.18 Å². The molecular formula is C20H17ClFNO3S. The molecule has 3 rings (SSSR count). The molecule has 0 spiro atoms. The second-order valence-corrected chi connectivity index (χ2v) is 7.29. The summed E-state index contributed by atoms with van der Waals surface area (Å²) in [7, 11) is 0. The van der Waals surface area contributed by atoms with Crippen molar-refractivity contribution in [3.63, 3.8) is 0 Å². The Hall–Kier alpha value is -2.31. The van der Waals surface area contributed by atoms with Crippen LogP contribution in [-0.2, 0) is 11.3 Å². The number of imide groups is 1. The molecule has 0 radical (unpaired) electrons. The van der Waals surface area contributed by atoms with Crippen LogP contribution in [0.3, 0.4) is 0 Å². The minimum atomic E-state index is -0.548. The second-order valence-electron chi connectivity index (χ2n) is 5.89. The fraction of sp³-hybridized carbons (Fsp3) is 0.200. The van der Waals surface area contributed by atoms with Crippen LogP contribution < -0.4 is 4.74 Å². The first-order valence-corrected chi connectivity index (χ1v) is 9.60.